The summed E-state index contributed by atoms with van der Waals surface area (Å²) in [4.78, 5) is 25.5. The van der Waals surface area contributed by atoms with Gasteiger partial charge in [-0.3, -0.25) is 9.59 Å². The van der Waals surface area contributed by atoms with Gasteiger partial charge in [0.15, 0.2) is 0 Å². The van der Waals surface area contributed by atoms with Gasteiger partial charge in [-0.1, -0.05) is 24.3 Å². The minimum absolute atomic E-state index is 0.00371. The van der Waals surface area contributed by atoms with Gasteiger partial charge in [-0.15, -0.1) is 0 Å². The molecule has 114 valence electrons. The Morgan fingerprint density at radius 1 is 1.14 bits per heavy atom. The SMILES string of the molecule is Cc1ccc(O)c(NC(=O)CN(C)C(=O)c2ccccc2)c1. The number of phenols is 1. The lowest BCUT2D eigenvalue weighted by molar-refractivity contribution is -0.116. The molecule has 22 heavy (non-hydrogen) atoms. The lowest BCUT2D eigenvalue weighted by atomic mass is 10.2. The first-order chi connectivity index (χ1) is 10.5. The summed E-state index contributed by atoms with van der Waals surface area (Å²) < 4.78 is 0. The van der Waals surface area contributed by atoms with Gasteiger partial charge in [0, 0.05) is 12.6 Å². The number of benzene rings is 2. The van der Waals surface area contributed by atoms with Crippen LogP contribution in [-0.2, 0) is 4.79 Å². The average Bonchev–Trinajstić information content (AvgIpc) is 2.51. The second kappa shape index (κ2) is 6.76. The van der Waals surface area contributed by atoms with Gasteiger partial charge < -0.3 is 15.3 Å². The summed E-state index contributed by atoms with van der Waals surface area (Å²) in [5.41, 5.74) is 1.78. The number of aromatic hydroxyl groups is 1. The molecule has 0 aliphatic heterocycles. The first-order valence-electron chi connectivity index (χ1n) is 6.87. The highest BCUT2D eigenvalue weighted by molar-refractivity contribution is 5.99. The topological polar surface area (TPSA) is 69.6 Å². The molecule has 5 heteroatoms. The van der Waals surface area contributed by atoms with Crippen LogP contribution in [-0.4, -0.2) is 35.4 Å². The van der Waals surface area contributed by atoms with Gasteiger partial charge in [-0.2, -0.15) is 0 Å². The highest BCUT2D eigenvalue weighted by Crippen LogP contribution is 2.23. The summed E-state index contributed by atoms with van der Waals surface area (Å²) in [5, 5.41) is 12.3. The summed E-state index contributed by atoms with van der Waals surface area (Å²) in [5.74, 6) is -0.604. The normalized spacial score (nSPS) is 10.1. The van der Waals surface area contributed by atoms with E-state index in [1.807, 2.05) is 13.0 Å². The van der Waals surface area contributed by atoms with E-state index in [1.54, 1.807) is 43.4 Å². The second-order valence-electron chi connectivity index (χ2n) is 5.10. The van der Waals surface area contributed by atoms with Crippen molar-refractivity contribution in [1.82, 2.24) is 4.90 Å². The number of nitrogens with one attached hydrogen (secondary N) is 1. The number of nitrogens with zero attached hydrogens (tertiary/aromatic N) is 1. The van der Waals surface area contributed by atoms with E-state index in [-0.39, 0.29) is 24.1 Å². The summed E-state index contributed by atoms with van der Waals surface area (Å²) in [6, 6.07) is 13.7. The van der Waals surface area contributed by atoms with Crippen molar-refractivity contribution in [3.05, 3.63) is 59.7 Å². The lowest BCUT2D eigenvalue weighted by Crippen LogP contribution is -2.34. The number of amides is 2. The van der Waals surface area contributed by atoms with Gasteiger partial charge in [0.1, 0.15) is 5.75 Å². The highest BCUT2D eigenvalue weighted by Gasteiger charge is 2.15. The van der Waals surface area contributed by atoms with E-state index in [9.17, 15) is 14.7 Å². The Hall–Kier alpha value is -2.82. The summed E-state index contributed by atoms with van der Waals surface area (Å²) in [6.07, 6.45) is 0. The van der Waals surface area contributed by atoms with Crippen LogP contribution < -0.4 is 5.32 Å². The predicted molar refractivity (Wildman–Crippen MR) is 84.9 cm³/mol. The van der Waals surface area contributed by atoms with E-state index in [2.05, 4.69) is 5.32 Å². The van der Waals surface area contributed by atoms with Gasteiger partial charge in [0.25, 0.3) is 5.91 Å². The maximum Gasteiger partial charge on any atom is 0.254 e. The predicted octanol–water partition coefficient (Wildman–Crippen LogP) is 2.41. The molecule has 2 aromatic carbocycles. The third-order valence-electron chi connectivity index (χ3n) is 3.17. The molecule has 2 aromatic rings. The molecule has 0 heterocycles. The molecule has 0 aliphatic rings. The van der Waals surface area contributed by atoms with Gasteiger partial charge >= 0.3 is 0 Å². The van der Waals surface area contributed by atoms with E-state index in [0.717, 1.165) is 5.56 Å². The smallest absolute Gasteiger partial charge is 0.254 e. The van der Waals surface area contributed by atoms with Gasteiger partial charge in [0.2, 0.25) is 5.91 Å². The summed E-state index contributed by atoms with van der Waals surface area (Å²) in [7, 11) is 1.56. The molecule has 5 nitrogen and oxygen atoms in total. The fourth-order valence-electron chi connectivity index (χ4n) is 2.03. The van der Waals surface area contributed by atoms with Crippen LogP contribution in [0.2, 0.25) is 0 Å². The molecule has 0 aliphatic carbocycles. The second-order valence-corrected chi connectivity index (χ2v) is 5.10. The van der Waals surface area contributed by atoms with Crippen LogP contribution in [0.15, 0.2) is 48.5 Å². The van der Waals surface area contributed by atoms with Crippen molar-refractivity contribution in [3.8, 4) is 5.75 Å². The van der Waals surface area contributed by atoms with Crippen LogP contribution in [0.4, 0.5) is 5.69 Å². The Morgan fingerprint density at radius 3 is 2.50 bits per heavy atom. The zero-order valence-electron chi connectivity index (χ0n) is 12.5. The average molecular weight is 298 g/mol. The third kappa shape index (κ3) is 3.85. The quantitative estimate of drug-likeness (QED) is 0.852. The molecule has 0 saturated heterocycles. The standard InChI is InChI=1S/C17H18N2O3/c1-12-8-9-15(20)14(10-12)18-16(21)11-19(2)17(22)13-6-4-3-5-7-13/h3-10,20H,11H2,1-2H3,(H,18,21). The Labute approximate surface area is 129 Å². The fraction of sp³-hybridized carbons (Fsp3) is 0.176. The maximum atomic E-state index is 12.2. The molecule has 0 aromatic heterocycles. The van der Waals surface area contributed by atoms with Crippen LogP contribution >= 0.6 is 0 Å². The third-order valence-corrected chi connectivity index (χ3v) is 3.17. The number of aryl methyl sites for hydroxylation is 1. The highest BCUT2D eigenvalue weighted by atomic mass is 16.3. The van der Waals surface area contributed by atoms with Crippen molar-refractivity contribution < 1.29 is 14.7 Å². The van der Waals surface area contributed by atoms with E-state index in [1.165, 1.54) is 11.0 Å². The molecule has 0 atom stereocenters. The van der Waals surface area contributed by atoms with Gasteiger partial charge in [-0.05, 0) is 36.8 Å². The van der Waals surface area contributed by atoms with Crippen molar-refractivity contribution in [2.45, 2.75) is 6.92 Å². The zero-order valence-corrected chi connectivity index (χ0v) is 12.5. The molecule has 2 N–H and O–H groups in total. The van der Waals surface area contributed by atoms with Crippen LogP contribution in [0, 0.1) is 6.92 Å². The Balaban J connectivity index is 2.00. The van der Waals surface area contributed by atoms with Gasteiger partial charge in [0.05, 0.1) is 12.2 Å². The number of hydrogen-bond donors (Lipinski definition) is 2. The zero-order chi connectivity index (χ0) is 16.1. The number of rotatable bonds is 4. The largest absolute Gasteiger partial charge is 0.506 e. The minimum Gasteiger partial charge on any atom is -0.506 e. The first kappa shape index (κ1) is 15.6. The lowest BCUT2D eigenvalue weighted by Gasteiger charge is -2.17. The summed E-state index contributed by atoms with van der Waals surface area (Å²) in [6.45, 7) is 1.77. The van der Waals surface area contributed by atoms with E-state index in [0.29, 0.717) is 11.3 Å². The van der Waals surface area contributed by atoms with Crippen LogP contribution in [0.3, 0.4) is 0 Å². The molecular weight excluding hydrogens is 280 g/mol. The Morgan fingerprint density at radius 2 is 1.82 bits per heavy atom. The molecule has 2 amide bonds. The van der Waals surface area contributed by atoms with Crippen molar-refractivity contribution in [1.29, 1.82) is 0 Å². The number of carbonyl (C=O) groups excluding carboxylic acids is 2. The van der Waals surface area contributed by atoms with E-state index >= 15 is 0 Å². The van der Waals surface area contributed by atoms with Gasteiger partial charge in [-0.25, -0.2) is 0 Å². The van der Waals surface area contributed by atoms with E-state index < -0.39 is 0 Å². The molecule has 0 bridgehead atoms. The Bertz CT molecular complexity index is 684. The molecule has 0 unspecified atom stereocenters. The minimum atomic E-state index is -0.368. The van der Waals surface area contributed by atoms with Crippen molar-refractivity contribution in [3.63, 3.8) is 0 Å². The molecular formula is C17H18N2O3. The van der Waals surface area contributed by atoms with Crippen LogP contribution in [0.5, 0.6) is 5.75 Å². The molecule has 0 radical (unpaired) electrons. The number of likely N-dealkylation sites (N-methyl/N-ethyl adjacent to an activating group) is 1. The molecule has 0 spiro atoms. The molecule has 2 rings (SSSR count). The number of hydrogen-bond acceptors (Lipinski definition) is 3. The monoisotopic (exact) mass is 298 g/mol. The number of carbonyl (C=O) groups is 2. The fourth-order valence-corrected chi connectivity index (χ4v) is 2.03. The van der Waals surface area contributed by atoms with Crippen molar-refractivity contribution >= 4 is 17.5 Å². The van der Waals surface area contributed by atoms with Crippen molar-refractivity contribution in [2.24, 2.45) is 0 Å². The van der Waals surface area contributed by atoms with Crippen LogP contribution in [0.25, 0.3) is 0 Å². The molecule has 0 fully saturated rings. The maximum absolute atomic E-state index is 12.2. The van der Waals surface area contributed by atoms with E-state index in [4.69, 9.17) is 0 Å². The summed E-state index contributed by atoms with van der Waals surface area (Å²) >= 11 is 0. The Kier molecular flexibility index (Phi) is 4.78. The molecule has 0 saturated carbocycles. The number of anilines is 1. The van der Waals surface area contributed by atoms with Crippen molar-refractivity contribution in [2.75, 3.05) is 18.9 Å². The first-order valence-corrected chi connectivity index (χ1v) is 6.87. The number of phenolic OH excluding ortho intramolecular Hbond substituents is 1. The van der Waals surface area contributed by atoms with Crippen LogP contribution in [0.1, 0.15) is 15.9 Å².